The average Bonchev–Trinajstić information content (AvgIpc) is 2.78. The van der Waals surface area contributed by atoms with E-state index in [2.05, 4.69) is 15.3 Å². The number of nitrogens with one attached hydrogen (secondary N) is 1. The minimum Gasteiger partial charge on any atom is -0.384 e. The van der Waals surface area contributed by atoms with Gasteiger partial charge in [-0.1, -0.05) is 11.6 Å². The third-order valence-electron chi connectivity index (χ3n) is 2.64. The van der Waals surface area contributed by atoms with E-state index in [4.69, 9.17) is 17.3 Å². The Kier molecular flexibility index (Phi) is 4.01. The van der Waals surface area contributed by atoms with Crippen molar-refractivity contribution in [3.63, 3.8) is 0 Å². The maximum Gasteiger partial charge on any atom is 0.271 e. The predicted octanol–water partition coefficient (Wildman–Crippen LogP) is 1.02. The summed E-state index contributed by atoms with van der Waals surface area (Å²) in [6.45, 7) is 0.455. The number of nitrogens with zero attached hydrogens (tertiary/aromatic N) is 3. The van der Waals surface area contributed by atoms with Gasteiger partial charge in [0.2, 0.25) is 0 Å². The van der Waals surface area contributed by atoms with Crippen LogP contribution in [0.25, 0.3) is 0 Å². The second kappa shape index (κ2) is 5.71. The third-order valence-corrected chi connectivity index (χ3v) is 2.94. The molecule has 2 rings (SSSR count). The molecule has 0 radical (unpaired) electrons. The molecule has 0 spiro atoms. The predicted molar refractivity (Wildman–Crippen MR) is 72.9 cm³/mol. The number of hydrogen-bond acceptors (Lipinski definition) is 4. The number of aromatic nitrogens is 3. The smallest absolute Gasteiger partial charge is 0.271 e. The molecule has 2 aromatic rings. The number of imidazole rings is 1. The van der Waals surface area contributed by atoms with E-state index in [0.717, 1.165) is 5.82 Å². The Balaban J connectivity index is 1.94. The molecule has 0 bridgehead atoms. The van der Waals surface area contributed by atoms with Crippen LogP contribution >= 0.6 is 11.6 Å². The van der Waals surface area contributed by atoms with Crippen molar-refractivity contribution in [2.45, 2.75) is 6.42 Å². The van der Waals surface area contributed by atoms with Gasteiger partial charge in [0.05, 0.1) is 5.02 Å². The van der Waals surface area contributed by atoms with Crippen molar-refractivity contribution >= 4 is 23.3 Å². The molecule has 0 saturated heterocycles. The van der Waals surface area contributed by atoms with Gasteiger partial charge in [-0.3, -0.25) is 4.79 Å². The van der Waals surface area contributed by atoms with E-state index in [1.165, 1.54) is 0 Å². The van der Waals surface area contributed by atoms with Crippen LogP contribution in [-0.4, -0.2) is 27.0 Å². The molecule has 100 valence electrons. The first kappa shape index (κ1) is 13.4. The molecular formula is C12H14ClN5O. The molecule has 0 aromatic carbocycles. The summed E-state index contributed by atoms with van der Waals surface area (Å²) in [7, 11) is 1.90. The summed E-state index contributed by atoms with van der Waals surface area (Å²) in [6, 6.07) is 3.10. The van der Waals surface area contributed by atoms with Crippen LogP contribution in [0.2, 0.25) is 5.02 Å². The quantitative estimate of drug-likeness (QED) is 0.875. The topological polar surface area (TPSA) is 85.8 Å². The number of carbonyl (C=O) groups excluding carboxylic acids is 1. The second-order valence-electron chi connectivity index (χ2n) is 4.03. The van der Waals surface area contributed by atoms with Gasteiger partial charge in [0.1, 0.15) is 17.3 Å². The maximum atomic E-state index is 11.9. The fourth-order valence-corrected chi connectivity index (χ4v) is 1.82. The SMILES string of the molecule is Cn1ccnc1CCNC(=O)c1nc(N)ccc1Cl. The van der Waals surface area contributed by atoms with Gasteiger partial charge in [0, 0.05) is 32.4 Å². The van der Waals surface area contributed by atoms with Crippen molar-refractivity contribution in [3.8, 4) is 0 Å². The van der Waals surface area contributed by atoms with Crippen LogP contribution in [0.15, 0.2) is 24.5 Å². The van der Waals surface area contributed by atoms with Crippen LogP contribution in [0.1, 0.15) is 16.3 Å². The van der Waals surface area contributed by atoms with E-state index < -0.39 is 0 Å². The molecule has 1 amide bonds. The Morgan fingerprint density at radius 1 is 1.53 bits per heavy atom. The van der Waals surface area contributed by atoms with Crippen molar-refractivity contribution in [1.29, 1.82) is 0 Å². The van der Waals surface area contributed by atoms with Crippen molar-refractivity contribution in [1.82, 2.24) is 19.9 Å². The lowest BCUT2D eigenvalue weighted by atomic mass is 10.3. The van der Waals surface area contributed by atoms with Gasteiger partial charge in [-0.05, 0) is 12.1 Å². The molecule has 0 atom stereocenters. The summed E-state index contributed by atoms with van der Waals surface area (Å²) < 4.78 is 1.90. The molecule has 0 fully saturated rings. The lowest BCUT2D eigenvalue weighted by Crippen LogP contribution is -2.27. The summed E-state index contributed by atoms with van der Waals surface area (Å²) in [5.74, 6) is 0.817. The van der Waals surface area contributed by atoms with Crippen LogP contribution < -0.4 is 11.1 Å². The van der Waals surface area contributed by atoms with Gasteiger partial charge >= 0.3 is 0 Å². The summed E-state index contributed by atoms with van der Waals surface area (Å²) >= 11 is 5.90. The highest BCUT2D eigenvalue weighted by atomic mass is 35.5. The monoisotopic (exact) mass is 279 g/mol. The number of amides is 1. The van der Waals surface area contributed by atoms with E-state index in [0.29, 0.717) is 13.0 Å². The lowest BCUT2D eigenvalue weighted by Gasteiger charge is -2.06. The first-order valence-electron chi connectivity index (χ1n) is 5.74. The molecule has 2 aromatic heterocycles. The van der Waals surface area contributed by atoms with Crippen LogP contribution in [0, 0.1) is 0 Å². The summed E-state index contributed by atoms with van der Waals surface area (Å²) in [5.41, 5.74) is 5.67. The van der Waals surface area contributed by atoms with Gasteiger partial charge in [-0.25, -0.2) is 9.97 Å². The van der Waals surface area contributed by atoms with E-state index in [9.17, 15) is 4.79 Å². The average molecular weight is 280 g/mol. The Morgan fingerprint density at radius 3 is 3.00 bits per heavy atom. The highest BCUT2D eigenvalue weighted by molar-refractivity contribution is 6.33. The number of hydrogen-bond donors (Lipinski definition) is 2. The number of nitrogen functional groups attached to an aromatic ring is 1. The minimum absolute atomic E-state index is 0.140. The van der Waals surface area contributed by atoms with Crippen molar-refractivity contribution < 1.29 is 4.79 Å². The first-order chi connectivity index (χ1) is 9.08. The van der Waals surface area contributed by atoms with Gasteiger partial charge in [-0.15, -0.1) is 0 Å². The first-order valence-corrected chi connectivity index (χ1v) is 6.12. The molecule has 0 saturated carbocycles. The number of halogens is 1. The van der Waals surface area contributed by atoms with Crippen LogP contribution in [0.3, 0.4) is 0 Å². The fourth-order valence-electron chi connectivity index (χ4n) is 1.63. The molecule has 3 N–H and O–H groups in total. The Bertz CT molecular complexity index is 596. The normalized spacial score (nSPS) is 10.4. The molecule has 6 nitrogen and oxygen atoms in total. The van der Waals surface area contributed by atoms with E-state index in [-0.39, 0.29) is 22.4 Å². The molecule has 2 heterocycles. The number of carbonyl (C=O) groups is 1. The minimum atomic E-state index is -0.341. The Morgan fingerprint density at radius 2 is 2.32 bits per heavy atom. The Labute approximate surface area is 115 Å². The van der Waals surface area contributed by atoms with Crippen LogP contribution in [-0.2, 0) is 13.5 Å². The standard InChI is InChI=1S/C12H14ClN5O/c1-18-7-6-15-10(18)4-5-16-12(19)11-8(13)2-3-9(14)17-11/h2-3,6-7H,4-5H2,1H3,(H2,14,17)(H,16,19). The molecule has 0 aliphatic rings. The zero-order valence-electron chi connectivity index (χ0n) is 10.4. The van der Waals surface area contributed by atoms with Crippen molar-refractivity contribution in [3.05, 3.63) is 41.1 Å². The zero-order valence-corrected chi connectivity index (χ0v) is 11.2. The Hall–Kier alpha value is -2.08. The number of anilines is 1. The van der Waals surface area contributed by atoms with Gasteiger partial charge < -0.3 is 15.6 Å². The molecule has 7 heteroatoms. The largest absolute Gasteiger partial charge is 0.384 e. The lowest BCUT2D eigenvalue weighted by molar-refractivity contribution is 0.0949. The number of aryl methyl sites for hydroxylation is 1. The van der Waals surface area contributed by atoms with Gasteiger partial charge in [0.25, 0.3) is 5.91 Å². The molecule has 0 unspecified atom stereocenters. The molecule has 0 aliphatic heterocycles. The number of rotatable bonds is 4. The highest BCUT2D eigenvalue weighted by Gasteiger charge is 2.12. The summed E-state index contributed by atoms with van der Waals surface area (Å²) in [6.07, 6.45) is 4.20. The number of nitrogens with two attached hydrogens (primary N) is 1. The van der Waals surface area contributed by atoms with E-state index >= 15 is 0 Å². The fraction of sp³-hybridized carbons (Fsp3) is 0.250. The maximum absolute atomic E-state index is 11.9. The molecule has 0 aliphatic carbocycles. The van der Waals surface area contributed by atoms with Crippen LogP contribution in [0.4, 0.5) is 5.82 Å². The molecule has 19 heavy (non-hydrogen) atoms. The highest BCUT2D eigenvalue weighted by Crippen LogP contribution is 2.14. The number of pyridine rings is 1. The second-order valence-corrected chi connectivity index (χ2v) is 4.43. The summed E-state index contributed by atoms with van der Waals surface area (Å²) in [4.78, 5) is 20.0. The molecular weight excluding hydrogens is 266 g/mol. The van der Waals surface area contributed by atoms with Crippen molar-refractivity contribution in [2.75, 3.05) is 12.3 Å². The van der Waals surface area contributed by atoms with Gasteiger partial charge in [-0.2, -0.15) is 0 Å². The van der Waals surface area contributed by atoms with E-state index in [1.807, 2.05) is 17.8 Å². The van der Waals surface area contributed by atoms with Crippen LogP contribution in [0.5, 0.6) is 0 Å². The summed E-state index contributed by atoms with van der Waals surface area (Å²) in [5, 5.41) is 3.02. The third kappa shape index (κ3) is 3.23. The van der Waals surface area contributed by atoms with Crippen molar-refractivity contribution in [2.24, 2.45) is 7.05 Å². The van der Waals surface area contributed by atoms with E-state index in [1.54, 1.807) is 18.3 Å². The zero-order chi connectivity index (χ0) is 13.8. The van der Waals surface area contributed by atoms with Gasteiger partial charge in [0.15, 0.2) is 0 Å².